The van der Waals surface area contributed by atoms with Crippen LogP contribution in [0.15, 0.2) is 0 Å². The third-order valence-electron chi connectivity index (χ3n) is 2.34. The van der Waals surface area contributed by atoms with E-state index in [-0.39, 0.29) is 5.54 Å². The van der Waals surface area contributed by atoms with E-state index in [0.29, 0.717) is 6.61 Å². The first-order valence-electron chi connectivity index (χ1n) is 4.27. The number of rotatable bonds is 2. The third-order valence-corrected chi connectivity index (χ3v) is 5.54. The minimum Gasteiger partial charge on any atom is -0.479 e. The van der Waals surface area contributed by atoms with Crippen LogP contribution in [0.1, 0.15) is 13.8 Å². The summed E-state index contributed by atoms with van der Waals surface area (Å²) in [5, 5.41) is 8.79. The lowest BCUT2D eigenvalue weighted by Gasteiger charge is -2.25. The van der Waals surface area contributed by atoms with Crippen molar-refractivity contribution in [1.82, 2.24) is 0 Å². The molecule has 3 unspecified atom stereocenters. The SMILES string of the molecule is CC(C)[Si]12OCC(O1)C(C(=O)O)O2. The Morgan fingerprint density at radius 2 is 2.23 bits per heavy atom. The molecular weight excluding hydrogens is 192 g/mol. The number of fused-ring (bicyclic) bond motifs is 2. The lowest BCUT2D eigenvalue weighted by Crippen LogP contribution is -2.46. The van der Waals surface area contributed by atoms with Gasteiger partial charge in [0, 0.05) is 5.54 Å². The highest BCUT2D eigenvalue weighted by Crippen LogP contribution is 2.40. The second-order valence-corrected chi connectivity index (χ2v) is 6.72. The molecule has 2 fully saturated rings. The summed E-state index contributed by atoms with van der Waals surface area (Å²) in [5.41, 5.74) is 0.127. The molecule has 2 rings (SSSR count). The van der Waals surface area contributed by atoms with E-state index >= 15 is 0 Å². The molecule has 2 saturated heterocycles. The standard InChI is InChI=1S/C7H12O5Si/c1-4(2)13-10-3-5(11-13)6(12-13)7(8)9/h4-6H,3H2,1-2H3,(H,8,9). The predicted molar refractivity (Wildman–Crippen MR) is 44.2 cm³/mol. The summed E-state index contributed by atoms with van der Waals surface area (Å²) in [6.45, 7) is 4.22. The van der Waals surface area contributed by atoms with Crippen molar-refractivity contribution in [2.24, 2.45) is 0 Å². The van der Waals surface area contributed by atoms with Crippen molar-refractivity contribution in [2.45, 2.75) is 31.6 Å². The van der Waals surface area contributed by atoms with Crippen LogP contribution in [-0.4, -0.2) is 38.7 Å². The molecule has 2 aliphatic heterocycles. The number of hydrogen-bond acceptors (Lipinski definition) is 4. The first-order chi connectivity index (χ1) is 6.05. The maximum atomic E-state index is 10.7. The van der Waals surface area contributed by atoms with E-state index in [1.807, 2.05) is 13.8 Å². The molecule has 0 aromatic carbocycles. The van der Waals surface area contributed by atoms with Gasteiger partial charge >= 0.3 is 14.8 Å². The van der Waals surface area contributed by atoms with Gasteiger partial charge in [0.15, 0.2) is 6.10 Å². The summed E-state index contributed by atoms with van der Waals surface area (Å²) in [7, 11) is -2.62. The van der Waals surface area contributed by atoms with E-state index in [1.54, 1.807) is 0 Å². The van der Waals surface area contributed by atoms with Gasteiger partial charge in [-0.2, -0.15) is 0 Å². The van der Waals surface area contributed by atoms with Crippen LogP contribution < -0.4 is 0 Å². The Hall–Kier alpha value is -0.433. The van der Waals surface area contributed by atoms with Crippen molar-refractivity contribution in [3.63, 3.8) is 0 Å². The Bertz CT molecular complexity index is 243. The molecule has 5 nitrogen and oxygen atoms in total. The van der Waals surface area contributed by atoms with Crippen LogP contribution in [0.5, 0.6) is 0 Å². The second kappa shape index (κ2) is 2.78. The molecule has 0 amide bonds. The minimum atomic E-state index is -2.62. The Morgan fingerprint density at radius 3 is 2.62 bits per heavy atom. The summed E-state index contributed by atoms with van der Waals surface area (Å²) in [6.07, 6.45) is -1.21. The first kappa shape index (κ1) is 9.13. The number of aliphatic carboxylic acids is 1. The molecule has 0 spiro atoms. The smallest absolute Gasteiger partial charge is 0.479 e. The van der Waals surface area contributed by atoms with Crippen molar-refractivity contribution in [1.29, 1.82) is 0 Å². The van der Waals surface area contributed by atoms with Gasteiger partial charge in [-0.05, 0) is 0 Å². The molecular formula is C7H12O5Si. The zero-order valence-corrected chi connectivity index (χ0v) is 8.52. The molecule has 2 aliphatic rings. The van der Waals surface area contributed by atoms with Crippen LogP contribution >= 0.6 is 0 Å². The topological polar surface area (TPSA) is 65.0 Å². The molecule has 0 aromatic rings. The van der Waals surface area contributed by atoms with Gasteiger partial charge in [-0.25, -0.2) is 4.79 Å². The second-order valence-electron chi connectivity index (χ2n) is 3.60. The Kier molecular flexibility index (Phi) is 1.95. The summed E-state index contributed by atoms with van der Waals surface area (Å²) in [6, 6.07) is 0. The van der Waals surface area contributed by atoms with Gasteiger partial charge in [-0.1, -0.05) is 13.8 Å². The van der Waals surface area contributed by atoms with Crippen molar-refractivity contribution in [3.8, 4) is 0 Å². The molecule has 6 heteroatoms. The Labute approximate surface area is 77.0 Å². The van der Waals surface area contributed by atoms with E-state index in [0.717, 1.165) is 0 Å². The largest absolute Gasteiger partial charge is 0.505 e. The number of carbonyl (C=O) groups is 1. The molecule has 0 aliphatic carbocycles. The average molecular weight is 204 g/mol. The molecule has 1 N–H and O–H groups in total. The summed E-state index contributed by atoms with van der Waals surface area (Å²) < 4.78 is 16.3. The number of carboxylic acids is 1. The minimum absolute atomic E-state index is 0.127. The Balaban J connectivity index is 2.17. The molecule has 0 saturated carbocycles. The molecule has 3 atom stereocenters. The fourth-order valence-corrected chi connectivity index (χ4v) is 4.28. The quantitative estimate of drug-likeness (QED) is 0.652. The highest BCUT2D eigenvalue weighted by atomic mass is 28.4. The van der Waals surface area contributed by atoms with Gasteiger partial charge in [0.1, 0.15) is 6.10 Å². The molecule has 74 valence electrons. The molecule has 2 bridgehead atoms. The third kappa shape index (κ3) is 1.21. The van der Waals surface area contributed by atoms with Gasteiger partial charge in [-0.15, -0.1) is 0 Å². The van der Waals surface area contributed by atoms with Gasteiger partial charge in [-0.3, -0.25) is 0 Å². The van der Waals surface area contributed by atoms with Crippen LogP contribution in [-0.2, 0) is 18.1 Å². The van der Waals surface area contributed by atoms with Gasteiger partial charge in [0.2, 0.25) is 0 Å². The summed E-state index contributed by atoms with van der Waals surface area (Å²) in [5.74, 6) is -0.955. The van der Waals surface area contributed by atoms with E-state index in [2.05, 4.69) is 0 Å². The highest BCUT2D eigenvalue weighted by Gasteiger charge is 2.63. The summed E-state index contributed by atoms with van der Waals surface area (Å²) >= 11 is 0. The van der Waals surface area contributed by atoms with Crippen LogP contribution in [0, 0.1) is 0 Å². The predicted octanol–water partition coefficient (Wildman–Crippen LogP) is 0.234. The van der Waals surface area contributed by atoms with E-state index in [9.17, 15) is 4.79 Å². The molecule has 2 heterocycles. The number of carboxylic acid groups (broad SMARTS) is 1. The van der Waals surface area contributed by atoms with Crippen molar-refractivity contribution >= 4 is 14.8 Å². The van der Waals surface area contributed by atoms with Crippen molar-refractivity contribution in [3.05, 3.63) is 0 Å². The molecule has 0 aromatic heterocycles. The Morgan fingerprint density at radius 1 is 1.54 bits per heavy atom. The van der Waals surface area contributed by atoms with Crippen molar-refractivity contribution in [2.75, 3.05) is 6.61 Å². The van der Waals surface area contributed by atoms with Crippen LogP contribution in [0.25, 0.3) is 0 Å². The van der Waals surface area contributed by atoms with Crippen LogP contribution in [0.2, 0.25) is 5.54 Å². The highest BCUT2D eigenvalue weighted by molar-refractivity contribution is 6.63. The lowest BCUT2D eigenvalue weighted by molar-refractivity contribution is -0.148. The van der Waals surface area contributed by atoms with E-state index in [4.69, 9.17) is 18.4 Å². The average Bonchev–Trinajstić information content (AvgIpc) is 2.60. The van der Waals surface area contributed by atoms with Crippen LogP contribution in [0.4, 0.5) is 0 Å². The monoisotopic (exact) mass is 204 g/mol. The molecule has 13 heavy (non-hydrogen) atoms. The maximum absolute atomic E-state index is 10.7. The van der Waals surface area contributed by atoms with E-state index in [1.165, 1.54) is 0 Å². The van der Waals surface area contributed by atoms with E-state index < -0.39 is 27.0 Å². The van der Waals surface area contributed by atoms with Crippen molar-refractivity contribution < 1.29 is 23.2 Å². The van der Waals surface area contributed by atoms with Crippen LogP contribution in [0.3, 0.4) is 0 Å². The lowest BCUT2D eigenvalue weighted by atomic mass is 10.2. The zero-order valence-electron chi connectivity index (χ0n) is 7.52. The van der Waals surface area contributed by atoms with Gasteiger partial charge in [0.05, 0.1) is 6.61 Å². The van der Waals surface area contributed by atoms with Gasteiger partial charge in [0.25, 0.3) is 0 Å². The van der Waals surface area contributed by atoms with Gasteiger partial charge < -0.3 is 18.4 Å². The molecule has 0 radical (unpaired) electrons. The maximum Gasteiger partial charge on any atom is 0.505 e. The fourth-order valence-electron chi connectivity index (χ4n) is 1.59. The summed E-state index contributed by atoms with van der Waals surface area (Å²) in [4.78, 5) is 10.7. The normalized spacial score (nSPS) is 43.0. The fraction of sp³-hybridized carbons (Fsp3) is 0.857. The first-order valence-corrected chi connectivity index (χ1v) is 6.08. The number of hydrogen-bond donors (Lipinski definition) is 1. The zero-order chi connectivity index (χ0) is 9.64.